The SMILES string of the molecule is O=C(O)CCc1c[nH]c2c(=O)[nH]c3ccc(-c4ccccc4)cc3c12. The summed E-state index contributed by atoms with van der Waals surface area (Å²) in [6.45, 7) is 0. The summed E-state index contributed by atoms with van der Waals surface area (Å²) in [6, 6.07) is 15.9. The Balaban J connectivity index is 1.97. The minimum Gasteiger partial charge on any atom is -0.481 e. The van der Waals surface area contributed by atoms with E-state index in [0.717, 1.165) is 33.0 Å². The lowest BCUT2D eigenvalue weighted by atomic mass is 9.99. The molecule has 2 heterocycles. The first-order valence-corrected chi connectivity index (χ1v) is 8.07. The van der Waals surface area contributed by atoms with Gasteiger partial charge in [-0.2, -0.15) is 0 Å². The van der Waals surface area contributed by atoms with Crippen LogP contribution in [0.15, 0.2) is 59.5 Å². The van der Waals surface area contributed by atoms with Crippen molar-refractivity contribution in [3.63, 3.8) is 0 Å². The number of H-pyrrole nitrogens is 2. The molecule has 25 heavy (non-hydrogen) atoms. The summed E-state index contributed by atoms with van der Waals surface area (Å²) < 4.78 is 0. The average Bonchev–Trinajstić information content (AvgIpc) is 3.05. The lowest BCUT2D eigenvalue weighted by molar-refractivity contribution is -0.136. The second kappa shape index (κ2) is 5.94. The topological polar surface area (TPSA) is 85.9 Å². The summed E-state index contributed by atoms with van der Waals surface area (Å²) in [7, 11) is 0. The Morgan fingerprint density at radius 3 is 2.60 bits per heavy atom. The van der Waals surface area contributed by atoms with Gasteiger partial charge in [-0.05, 0) is 35.2 Å². The van der Waals surface area contributed by atoms with Crippen LogP contribution in [0, 0.1) is 0 Å². The fourth-order valence-electron chi connectivity index (χ4n) is 3.24. The molecule has 0 spiro atoms. The molecule has 0 aliphatic carbocycles. The van der Waals surface area contributed by atoms with Crippen LogP contribution in [0.2, 0.25) is 0 Å². The standard InChI is InChI=1S/C20H16N2O3/c23-17(24)9-7-14-11-21-19-18(14)15-10-13(12-4-2-1-3-5-12)6-8-16(15)22-20(19)25/h1-6,8,10-11,21H,7,9H2,(H,22,25)(H,23,24). The van der Waals surface area contributed by atoms with Gasteiger partial charge in [-0.3, -0.25) is 9.59 Å². The zero-order valence-electron chi connectivity index (χ0n) is 13.4. The summed E-state index contributed by atoms with van der Waals surface area (Å²) in [6.07, 6.45) is 2.14. The molecule has 0 atom stereocenters. The Hall–Kier alpha value is -3.34. The van der Waals surface area contributed by atoms with Crippen LogP contribution in [0.5, 0.6) is 0 Å². The first-order valence-electron chi connectivity index (χ1n) is 8.07. The third kappa shape index (κ3) is 2.70. The van der Waals surface area contributed by atoms with Gasteiger partial charge >= 0.3 is 5.97 Å². The first-order chi connectivity index (χ1) is 12.1. The molecule has 124 valence electrons. The van der Waals surface area contributed by atoms with Gasteiger partial charge in [0.05, 0.1) is 0 Å². The number of rotatable bonds is 4. The zero-order chi connectivity index (χ0) is 17.4. The van der Waals surface area contributed by atoms with Crippen LogP contribution in [0.1, 0.15) is 12.0 Å². The number of nitrogens with one attached hydrogen (secondary N) is 2. The van der Waals surface area contributed by atoms with Crippen molar-refractivity contribution in [2.45, 2.75) is 12.8 Å². The summed E-state index contributed by atoms with van der Waals surface area (Å²) in [5.41, 5.74) is 4.01. The van der Waals surface area contributed by atoms with E-state index in [-0.39, 0.29) is 12.0 Å². The van der Waals surface area contributed by atoms with Gasteiger partial charge < -0.3 is 15.1 Å². The molecule has 0 bridgehead atoms. The van der Waals surface area contributed by atoms with Crippen molar-refractivity contribution in [3.05, 3.63) is 70.6 Å². The number of carboxylic acids is 1. The van der Waals surface area contributed by atoms with E-state index < -0.39 is 5.97 Å². The van der Waals surface area contributed by atoms with Gasteiger partial charge in [-0.25, -0.2) is 0 Å². The number of pyridine rings is 1. The van der Waals surface area contributed by atoms with Crippen LogP contribution < -0.4 is 5.56 Å². The highest BCUT2D eigenvalue weighted by Crippen LogP contribution is 2.29. The number of carboxylic acid groups (broad SMARTS) is 1. The fraction of sp³-hybridized carbons (Fsp3) is 0.100. The van der Waals surface area contributed by atoms with E-state index in [9.17, 15) is 9.59 Å². The summed E-state index contributed by atoms with van der Waals surface area (Å²) >= 11 is 0. The van der Waals surface area contributed by atoms with Crippen LogP contribution in [-0.4, -0.2) is 21.0 Å². The van der Waals surface area contributed by atoms with E-state index in [1.807, 2.05) is 48.5 Å². The Bertz CT molecular complexity index is 1140. The zero-order valence-corrected chi connectivity index (χ0v) is 13.4. The van der Waals surface area contributed by atoms with Crippen molar-refractivity contribution in [1.29, 1.82) is 0 Å². The third-order valence-corrected chi connectivity index (χ3v) is 4.44. The maximum absolute atomic E-state index is 12.3. The monoisotopic (exact) mass is 332 g/mol. The normalized spacial score (nSPS) is 11.2. The van der Waals surface area contributed by atoms with E-state index in [4.69, 9.17) is 5.11 Å². The highest BCUT2D eigenvalue weighted by atomic mass is 16.4. The number of aromatic nitrogens is 2. The summed E-state index contributed by atoms with van der Waals surface area (Å²) in [4.78, 5) is 29.1. The van der Waals surface area contributed by atoms with Crippen molar-refractivity contribution in [2.75, 3.05) is 0 Å². The number of aliphatic carboxylic acids is 1. The van der Waals surface area contributed by atoms with Crippen molar-refractivity contribution >= 4 is 27.8 Å². The Morgan fingerprint density at radius 2 is 1.84 bits per heavy atom. The van der Waals surface area contributed by atoms with Crippen LogP contribution in [0.25, 0.3) is 32.9 Å². The minimum atomic E-state index is -0.853. The van der Waals surface area contributed by atoms with Crippen molar-refractivity contribution in [2.24, 2.45) is 0 Å². The quantitative estimate of drug-likeness (QED) is 0.533. The predicted molar refractivity (Wildman–Crippen MR) is 97.8 cm³/mol. The van der Waals surface area contributed by atoms with Gasteiger partial charge in [0, 0.05) is 28.9 Å². The smallest absolute Gasteiger partial charge is 0.303 e. The molecular formula is C20H16N2O3. The third-order valence-electron chi connectivity index (χ3n) is 4.44. The van der Waals surface area contributed by atoms with E-state index >= 15 is 0 Å². The number of fused-ring (bicyclic) bond motifs is 3. The van der Waals surface area contributed by atoms with E-state index in [2.05, 4.69) is 9.97 Å². The number of hydrogen-bond donors (Lipinski definition) is 3. The molecule has 0 aliphatic rings. The van der Waals surface area contributed by atoms with Gasteiger partial charge in [-0.1, -0.05) is 36.4 Å². The molecular weight excluding hydrogens is 316 g/mol. The summed E-state index contributed by atoms with van der Waals surface area (Å²) in [5, 5.41) is 10.7. The maximum Gasteiger partial charge on any atom is 0.303 e. The molecule has 4 rings (SSSR count). The molecule has 5 nitrogen and oxygen atoms in total. The van der Waals surface area contributed by atoms with Gasteiger partial charge in [-0.15, -0.1) is 0 Å². The number of benzene rings is 2. The van der Waals surface area contributed by atoms with E-state index in [1.165, 1.54) is 0 Å². The fourth-order valence-corrected chi connectivity index (χ4v) is 3.24. The van der Waals surface area contributed by atoms with Crippen molar-refractivity contribution < 1.29 is 9.90 Å². The number of carbonyl (C=O) groups is 1. The number of hydrogen-bond acceptors (Lipinski definition) is 2. The van der Waals surface area contributed by atoms with Gasteiger partial charge in [0.1, 0.15) is 5.52 Å². The average molecular weight is 332 g/mol. The molecule has 0 unspecified atom stereocenters. The Morgan fingerprint density at radius 1 is 1.04 bits per heavy atom. The number of aromatic amines is 2. The molecule has 0 radical (unpaired) electrons. The van der Waals surface area contributed by atoms with Crippen molar-refractivity contribution in [3.8, 4) is 11.1 Å². The first kappa shape index (κ1) is 15.2. The second-order valence-electron chi connectivity index (χ2n) is 6.04. The van der Waals surface area contributed by atoms with Crippen molar-refractivity contribution in [1.82, 2.24) is 9.97 Å². The molecule has 0 aliphatic heterocycles. The molecule has 5 heteroatoms. The molecule has 0 fully saturated rings. The molecule has 2 aromatic heterocycles. The lowest BCUT2D eigenvalue weighted by Gasteiger charge is -2.07. The lowest BCUT2D eigenvalue weighted by Crippen LogP contribution is -2.06. The summed E-state index contributed by atoms with van der Waals surface area (Å²) in [5.74, 6) is -0.853. The maximum atomic E-state index is 12.3. The molecule has 0 saturated heterocycles. The molecule has 0 amide bonds. The second-order valence-corrected chi connectivity index (χ2v) is 6.04. The molecule has 4 aromatic rings. The van der Waals surface area contributed by atoms with Crippen LogP contribution in [0.3, 0.4) is 0 Å². The van der Waals surface area contributed by atoms with E-state index in [1.54, 1.807) is 6.20 Å². The van der Waals surface area contributed by atoms with E-state index in [0.29, 0.717) is 11.9 Å². The highest BCUT2D eigenvalue weighted by Gasteiger charge is 2.13. The van der Waals surface area contributed by atoms with Gasteiger partial charge in [0.25, 0.3) is 5.56 Å². The predicted octanol–water partition coefficient (Wildman–Crippen LogP) is 3.69. The number of aryl methyl sites for hydroxylation is 1. The molecule has 2 aromatic carbocycles. The van der Waals surface area contributed by atoms with Crippen LogP contribution in [-0.2, 0) is 11.2 Å². The minimum absolute atomic E-state index is 0.0274. The van der Waals surface area contributed by atoms with Gasteiger partial charge in [0.15, 0.2) is 0 Å². The van der Waals surface area contributed by atoms with Crippen LogP contribution >= 0.6 is 0 Å². The Kier molecular flexibility index (Phi) is 3.61. The van der Waals surface area contributed by atoms with Gasteiger partial charge in [0.2, 0.25) is 0 Å². The molecule has 3 N–H and O–H groups in total. The Labute approximate surface area is 142 Å². The van der Waals surface area contributed by atoms with Crippen LogP contribution in [0.4, 0.5) is 0 Å². The highest BCUT2D eigenvalue weighted by molar-refractivity contribution is 6.07. The largest absolute Gasteiger partial charge is 0.481 e. The molecule has 0 saturated carbocycles.